The summed E-state index contributed by atoms with van der Waals surface area (Å²) < 4.78 is 6.10. The third kappa shape index (κ3) is 35.8. The number of rotatable bonds is 10. The fourth-order valence-corrected chi connectivity index (χ4v) is 9.17. The number of carbonyl (C=O) groups is 6. The van der Waals surface area contributed by atoms with E-state index in [1.807, 2.05) is 109 Å². The van der Waals surface area contributed by atoms with E-state index in [-0.39, 0.29) is 127 Å². The van der Waals surface area contributed by atoms with Gasteiger partial charge >= 0.3 is 82.6 Å². The molecule has 0 aliphatic heterocycles. The first kappa shape index (κ1) is 92.1. The van der Waals surface area contributed by atoms with E-state index < -0.39 is 35.8 Å². The van der Waals surface area contributed by atoms with Gasteiger partial charge in [0.1, 0.15) is 0 Å². The molecule has 20 nitrogen and oxygen atoms in total. The Hall–Kier alpha value is -5.93. The van der Waals surface area contributed by atoms with Crippen LogP contribution in [0, 0.1) is 104 Å². The molecule has 6 aromatic carbocycles. The Morgan fingerprint density at radius 3 is 0.470 bits per heavy atom. The summed E-state index contributed by atoms with van der Waals surface area (Å²) in [6.45, 7) is 0. The van der Waals surface area contributed by atoms with Crippen molar-refractivity contribution in [3.8, 4) is 45.6 Å². The molecule has 12 rings (SSSR count). The topological polar surface area (TPSA) is 381 Å². The van der Waals surface area contributed by atoms with Crippen LogP contribution in [0.4, 0.5) is 0 Å². The molecule has 4 N–H and O–H groups in total. The average Bonchev–Trinajstić information content (AvgIpc) is 0.848. The quantitative estimate of drug-likeness (QED) is 0.115. The Kier molecular flexibility index (Phi) is 47.2. The van der Waals surface area contributed by atoms with E-state index >= 15 is 0 Å². The van der Waals surface area contributed by atoms with E-state index in [0.29, 0.717) is 0 Å². The van der Waals surface area contributed by atoms with Crippen LogP contribution in [0.25, 0.3) is 45.6 Å². The van der Waals surface area contributed by atoms with E-state index in [0.717, 1.165) is 67.0 Å². The summed E-state index contributed by atoms with van der Waals surface area (Å²) in [5.41, 5.74) is 8.26. The molecule has 0 saturated heterocycles. The van der Waals surface area contributed by atoms with Gasteiger partial charge in [-0.05, 0) is 315 Å². The third-order valence-corrected chi connectivity index (χ3v) is 16.0. The Bertz CT molecular complexity index is 3750. The first-order chi connectivity index (χ1) is 46.1. The fourth-order valence-electron chi connectivity index (χ4n) is 7.01. The van der Waals surface area contributed by atoms with E-state index in [1.54, 1.807) is 97.6 Å². The van der Waals surface area contributed by atoms with Gasteiger partial charge in [-0.25, -0.2) is 9.97 Å². The van der Waals surface area contributed by atoms with Gasteiger partial charge in [0.05, 0.1) is 81.4 Å². The molecule has 0 unspecified atom stereocenters. The number of aromatic carboxylic acids is 6. The standard InChI is InChI=1S/2C15H11N3.6C7H5IO2.2H2O.2Pr/c2*1-3-10-16-12(6-1)14-8-5-9-15(18-14)13-7-2-4-11-17-13;6*8-6-3-1-5(2-4-6)7(9)10;;;;/h2*1-11H;6*1-4H,(H,9,10);2*1H2;;/q;;;;;;;;;;2*+3/p-6. The number of halogens is 6. The van der Waals surface area contributed by atoms with Crippen LogP contribution in [-0.4, -0.2) is 76.7 Å². The van der Waals surface area contributed by atoms with Crippen LogP contribution in [0.1, 0.15) is 62.1 Å². The summed E-state index contributed by atoms with van der Waals surface area (Å²) in [6.07, 6.45) is 7.07. The average molecular weight is 2270 g/mol. The van der Waals surface area contributed by atoms with Crippen molar-refractivity contribution in [3.63, 3.8) is 0 Å². The van der Waals surface area contributed by atoms with Gasteiger partial charge in [0.15, 0.2) is 0 Å². The van der Waals surface area contributed by atoms with Crippen molar-refractivity contribution in [2.24, 2.45) is 0 Å². The molecule has 28 heteroatoms. The fraction of sp³-hybridized carbons (Fsp3) is 0. The van der Waals surface area contributed by atoms with Gasteiger partial charge in [0.2, 0.25) is 0 Å². The van der Waals surface area contributed by atoms with Crippen molar-refractivity contribution in [1.29, 1.82) is 0 Å². The van der Waals surface area contributed by atoms with Gasteiger partial charge in [-0.3, -0.25) is 19.9 Å². The van der Waals surface area contributed by atoms with Gasteiger partial charge in [0, 0.05) is 46.2 Å². The van der Waals surface area contributed by atoms with E-state index in [9.17, 15) is 59.4 Å². The molecule has 0 amide bonds. The zero-order chi connectivity index (χ0) is 69.8. The maximum atomic E-state index is 10.2. The molecule has 0 bridgehead atoms. The second kappa shape index (κ2) is 51.2. The molecule has 0 atom stereocenters. The number of nitrogens with zero attached hydrogens (tertiary/aromatic N) is 6. The predicted molar refractivity (Wildman–Crippen MR) is 410 cm³/mol. The minimum Gasteiger partial charge on any atom is -0.545 e. The predicted octanol–water partition coefficient (Wildman–Crippen LogP) is 8.69. The summed E-state index contributed by atoms with van der Waals surface area (Å²) in [5, 5.41) is 61.2. The SMILES string of the molecule is O.O.O=C([O-])c1ccc(I)cc1.O=C([O-])c1ccc(I)cc1.O=C([O-])c1ccc(I)cc1.O=C([O-])c1ccc(I)cc1.O=C([O-])c1ccc(I)cc1.O=C([O-])c1ccc(I)cc1.[Pr+3].[Pr+3].c1ccc(-c2cccc(-c3ccccn3)n2)nc1.c1ccc(-c2cccc(-c3ccccn3)n2)nc1. The molecule has 0 aliphatic carbocycles. The van der Waals surface area contributed by atoms with Gasteiger partial charge in [0.25, 0.3) is 0 Å². The van der Waals surface area contributed by atoms with E-state index in [2.05, 4.69) is 165 Å². The molecule has 100 heavy (non-hydrogen) atoms. The number of benzene rings is 6. The second-order valence-corrected chi connectivity index (χ2v) is 25.9. The number of hydrogen-bond acceptors (Lipinski definition) is 18. The second-order valence-electron chi connectivity index (χ2n) is 18.4. The Morgan fingerprint density at radius 2 is 0.350 bits per heavy atom. The Morgan fingerprint density at radius 1 is 0.210 bits per heavy atom. The zero-order valence-electron chi connectivity index (χ0n) is 51.6. The van der Waals surface area contributed by atoms with Crippen LogP contribution in [0.15, 0.2) is 280 Å². The first-order valence-electron chi connectivity index (χ1n) is 27.5. The van der Waals surface area contributed by atoms with Gasteiger partial charge in [-0.1, -0.05) is 109 Å². The van der Waals surface area contributed by atoms with Crippen molar-refractivity contribution >= 4 is 171 Å². The molecule has 0 fully saturated rings. The number of carboxylic acids is 6. The summed E-state index contributed by atoms with van der Waals surface area (Å²) >= 11 is 12.6. The Labute approximate surface area is 723 Å². The molecule has 0 spiro atoms. The smallest absolute Gasteiger partial charge is 0.545 e. The summed E-state index contributed by atoms with van der Waals surface area (Å²) in [5.74, 6) is -6.77. The maximum Gasteiger partial charge on any atom is 3.00 e. The van der Waals surface area contributed by atoms with Gasteiger partial charge < -0.3 is 70.4 Å². The number of pyridine rings is 6. The Balaban J connectivity index is 0.000000577. The largest absolute Gasteiger partial charge is 3.00 e. The summed E-state index contributed by atoms with van der Waals surface area (Å²) in [6, 6.07) is 74.0. The van der Waals surface area contributed by atoms with Crippen LogP contribution in [0.3, 0.4) is 0 Å². The third-order valence-electron chi connectivity index (χ3n) is 11.7. The van der Waals surface area contributed by atoms with Crippen molar-refractivity contribution < 1.29 is 153 Å². The van der Waals surface area contributed by atoms with Crippen LogP contribution >= 0.6 is 136 Å². The summed E-state index contributed by atoms with van der Waals surface area (Å²) in [7, 11) is 0. The monoisotopic (exact) mass is 2270 g/mol. The number of carbonyl (C=O) groups excluding carboxylic acids is 6. The minimum atomic E-state index is -1.13. The molecular weight excluding hydrogens is 2220 g/mol. The van der Waals surface area contributed by atoms with Crippen LogP contribution in [-0.2, 0) is 0 Å². The normalized spacial score (nSPS) is 9.26. The van der Waals surface area contributed by atoms with Crippen LogP contribution in [0.2, 0.25) is 0 Å². The van der Waals surface area contributed by atoms with Crippen molar-refractivity contribution in [2.75, 3.05) is 0 Å². The number of aromatic nitrogens is 6. The maximum absolute atomic E-state index is 10.2. The summed E-state index contributed by atoms with van der Waals surface area (Å²) in [4.78, 5) is 87.6. The first-order valence-corrected chi connectivity index (χ1v) is 33.9. The molecule has 500 valence electrons. The van der Waals surface area contributed by atoms with E-state index in [4.69, 9.17) is 0 Å². The zero-order valence-corrected chi connectivity index (χ0v) is 71.9. The molecule has 12 aromatic rings. The number of carboxylic acid groups (broad SMARTS) is 6. The van der Waals surface area contributed by atoms with E-state index in [1.165, 1.54) is 72.8 Å². The number of hydrogen-bond donors (Lipinski definition) is 0. The van der Waals surface area contributed by atoms with Crippen LogP contribution < -0.4 is 30.6 Å². The molecule has 0 radical (unpaired) electrons. The molecule has 0 saturated carbocycles. The molecule has 6 heterocycles. The van der Waals surface area contributed by atoms with Crippen molar-refractivity contribution in [1.82, 2.24) is 29.9 Å². The van der Waals surface area contributed by atoms with Crippen LogP contribution in [0.5, 0.6) is 0 Å². The van der Waals surface area contributed by atoms with Gasteiger partial charge in [-0.2, -0.15) is 0 Å². The molecular formula is C72H50I6N6O14Pr2. The minimum absolute atomic E-state index is 0. The van der Waals surface area contributed by atoms with Crippen molar-refractivity contribution in [3.05, 3.63) is 334 Å². The van der Waals surface area contributed by atoms with Gasteiger partial charge in [-0.15, -0.1) is 0 Å². The molecule has 6 aromatic heterocycles. The van der Waals surface area contributed by atoms with Crippen molar-refractivity contribution in [2.45, 2.75) is 0 Å². The molecule has 0 aliphatic rings.